The summed E-state index contributed by atoms with van der Waals surface area (Å²) in [6, 6.07) is 15.4. The second-order valence-corrected chi connectivity index (χ2v) is 9.81. The molecule has 5 heterocycles. The number of hydrogen-bond donors (Lipinski definition) is 3. The molecule has 0 bridgehead atoms. The minimum Gasteiger partial charge on any atom is -0.443 e. The smallest absolute Gasteiger partial charge is 0.253 e. The molecular formula is C30H28N6O4. The van der Waals surface area contributed by atoms with Gasteiger partial charge < -0.3 is 24.7 Å². The number of benzene rings is 1. The molecule has 10 heteroatoms. The first-order chi connectivity index (χ1) is 19.6. The van der Waals surface area contributed by atoms with Crippen LogP contribution in [-0.2, 0) is 0 Å². The summed E-state index contributed by atoms with van der Waals surface area (Å²) >= 11 is 0. The molecule has 40 heavy (non-hydrogen) atoms. The van der Waals surface area contributed by atoms with Crippen molar-refractivity contribution in [3.05, 3.63) is 106 Å². The van der Waals surface area contributed by atoms with Crippen LogP contribution in [0.15, 0.2) is 88.7 Å². The fraction of sp³-hybridized carbons (Fsp3) is 0.233. The molecule has 0 aliphatic carbocycles. The number of pyridine rings is 3. The van der Waals surface area contributed by atoms with Crippen molar-refractivity contribution in [2.24, 2.45) is 5.92 Å². The van der Waals surface area contributed by atoms with Crippen LogP contribution in [0.25, 0.3) is 22.6 Å². The molecule has 6 rings (SSSR count). The van der Waals surface area contributed by atoms with Crippen LogP contribution in [0.4, 0.5) is 5.82 Å². The van der Waals surface area contributed by atoms with Crippen LogP contribution in [0.3, 0.4) is 0 Å². The summed E-state index contributed by atoms with van der Waals surface area (Å²) < 4.78 is 5.57. The number of aromatic nitrogens is 4. The number of fused-ring (bicyclic) bond motifs is 1. The quantitative estimate of drug-likeness (QED) is 0.286. The third-order valence-electron chi connectivity index (χ3n) is 7.36. The summed E-state index contributed by atoms with van der Waals surface area (Å²) in [5.74, 6) is 0.950. The van der Waals surface area contributed by atoms with Crippen molar-refractivity contribution in [2.45, 2.75) is 18.9 Å². The Kier molecular flexibility index (Phi) is 7.07. The van der Waals surface area contributed by atoms with Gasteiger partial charge in [0.1, 0.15) is 23.4 Å². The molecule has 4 aromatic heterocycles. The van der Waals surface area contributed by atoms with Gasteiger partial charge in [-0.05, 0) is 48.6 Å². The zero-order chi connectivity index (χ0) is 27.5. The standard InChI is InChI=1S/C30H28N6O4/c37-18-19-10-14-36(15-11-19)23-9-8-21(17-33-23)29(39)35-25(20-5-2-1-3-6-20)24-26(30-32-13-16-40-30)34-28-22(27(24)38)7-4-12-31-28/h1-9,12-13,16-17,19,25,37H,10-11,14-15,18H2,(H,35,39)(H,31,34,38). The Bertz CT molecular complexity index is 1660. The van der Waals surface area contributed by atoms with Gasteiger partial charge in [0.2, 0.25) is 5.89 Å². The topological polar surface area (TPSA) is 137 Å². The maximum Gasteiger partial charge on any atom is 0.253 e. The molecule has 0 radical (unpaired) electrons. The third kappa shape index (κ3) is 4.96. The van der Waals surface area contributed by atoms with Crippen molar-refractivity contribution < 1.29 is 14.3 Å². The van der Waals surface area contributed by atoms with Crippen molar-refractivity contribution >= 4 is 22.8 Å². The Labute approximate surface area is 229 Å². The maximum atomic E-state index is 13.9. The predicted octanol–water partition coefficient (Wildman–Crippen LogP) is 3.70. The lowest BCUT2D eigenvalue weighted by Gasteiger charge is -2.32. The van der Waals surface area contributed by atoms with Gasteiger partial charge in [-0.3, -0.25) is 9.59 Å². The zero-order valence-corrected chi connectivity index (χ0v) is 21.7. The first kappa shape index (κ1) is 25.4. The highest BCUT2D eigenvalue weighted by Gasteiger charge is 2.28. The molecule has 1 amide bonds. The number of oxazole rings is 1. The Morgan fingerprint density at radius 1 is 1.05 bits per heavy atom. The van der Waals surface area contributed by atoms with Gasteiger partial charge in [0, 0.05) is 32.1 Å². The fourth-order valence-electron chi connectivity index (χ4n) is 5.16. The van der Waals surface area contributed by atoms with Gasteiger partial charge >= 0.3 is 0 Å². The number of anilines is 1. The van der Waals surface area contributed by atoms with Crippen LogP contribution in [0.2, 0.25) is 0 Å². The number of H-pyrrole nitrogens is 1. The second kappa shape index (κ2) is 11.1. The van der Waals surface area contributed by atoms with E-state index >= 15 is 0 Å². The number of carbonyl (C=O) groups excluding carboxylic acids is 1. The van der Waals surface area contributed by atoms with Crippen LogP contribution >= 0.6 is 0 Å². The average Bonchev–Trinajstić information content (AvgIpc) is 3.56. The minimum atomic E-state index is -0.818. The summed E-state index contributed by atoms with van der Waals surface area (Å²) in [4.78, 5) is 46.0. The number of rotatable bonds is 7. The van der Waals surface area contributed by atoms with Gasteiger partial charge in [-0.1, -0.05) is 30.3 Å². The number of nitrogens with zero attached hydrogens (tertiary/aromatic N) is 4. The molecule has 3 N–H and O–H groups in total. The Morgan fingerprint density at radius 3 is 2.58 bits per heavy atom. The highest BCUT2D eigenvalue weighted by molar-refractivity contribution is 5.95. The van der Waals surface area contributed by atoms with E-state index in [0.29, 0.717) is 39.3 Å². The third-order valence-corrected chi connectivity index (χ3v) is 7.36. The number of carbonyl (C=O) groups is 1. The van der Waals surface area contributed by atoms with Gasteiger partial charge in [0.05, 0.1) is 28.8 Å². The van der Waals surface area contributed by atoms with Crippen LogP contribution in [0.5, 0.6) is 0 Å². The molecule has 1 atom stereocenters. The Balaban J connectivity index is 1.37. The Hall–Kier alpha value is -4.83. The number of nitrogens with one attached hydrogen (secondary N) is 2. The van der Waals surface area contributed by atoms with E-state index in [-0.39, 0.29) is 23.8 Å². The lowest BCUT2D eigenvalue weighted by atomic mass is 9.95. The van der Waals surface area contributed by atoms with Crippen molar-refractivity contribution in [3.63, 3.8) is 0 Å². The number of aliphatic hydroxyl groups is 1. The maximum absolute atomic E-state index is 13.9. The molecule has 1 aromatic carbocycles. The van der Waals surface area contributed by atoms with E-state index in [1.807, 2.05) is 36.4 Å². The largest absolute Gasteiger partial charge is 0.443 e. The molecule has 10 nitrogen and oxygen atoms in total. The molecule has 0 saturated carbocycles. The van der Waals surface area contributed by atoms with Gasteiger partial charge in [0.25, 0.3) is 5.91 Å². The van der Waals surface area contributed by atoms with Crippen LogP contribution in [-0.4, -0.2) is 50.6 Å². The van der Waals surface area contributed by atoms with Gasteiger partial charge in [-0.2, -0.15) is 0 Å². The number of hydrogen-bond acceptors (Lipinski definition) is 8. The SMILES string of the molecule is O=C(NC(c1ccccc1)c1c(-c2ncco2)[nH]c2ncccc2c1=O)c1ccc(N2CCC(CO)CC2)nc1. The van der Waals surface area contributed by atoms with Crippen LogP contribution in [0.1, 0.15) is 40.4 Å². The molecule has 202 valence electrons. The van der Waals surface area contributed by atoms with Crippen molar-refractivity contribution in [1.29, 1.82) is 0 Å². The lowest BCUT2D eigenvalue weighted by Crippen LogP contribution is -2.35. The second-order valence-electron chi connectivity index (χ2n) is 9.81. The van der Waals surface area contributed by atoms with E-state index in [4.69, 9.17) is 4.42 Å². The van der Waals surface area contributed by atoms with Crippen LogP contribution in [0, 0.1) is 5.92 Å². The summed E-state index contributed by atoms with van der Waals surface area (Å²) in [5.41, 5.74) is 1.82. The summed E-state index contributed by atoms with van der Waals surface area (Å²) in [5, 5.41) is 12.9. The van der Waals surface area contributed by atoms with E-state index < -0.39 is 6.04 Å². The van der Waals surface area contributed by atoms with Crippen LogP contribution < -0.4 is 15.6 Å². The predicted molar refractivity (Wildman–Crippen MR) is 150 cm³/mol. The lowest BCUT2D eigenvalue weighted by molar-refractivity contribution is 0.0942. The van der Waals surface area contributed by atoms with E-state index in [0.717, 1.165) is 31.7 Å². The number of amides is 1. The number of aliphatic hydroxyl groups excluding tert-OH is 1. The van der Waals surface area contributed by atoms with E-state index in [9.17, 15) is 14.7 Å². The fourth-order valence-corrected chi connectivity index (χ4v) is 5.16. The number of piperidine rings is 1. The molecule has 1 aliphatic rings. The highest BCUT2D eigenvalue weighted by Crippen LogP contribution is 2.30. The normalized spacial score (nSPS) is 14.8. The molecule has 1 saturated heterocycles. The molecule has 0 spiro atoms. The first-order valence-corrected chi connectivity index (χ1v) is 13.2. The van der Waals surface area contributed by atoms with Crippen molar-refractivity contribution in [1.82, 2.24) is 25.3 Å². The summed E-state index contributed by atoms with van der Waals surface area (Å²) in [7, 11) is 0. The summed E-state index contributed by atoms with van der Waals surface area (Å²) in [6.45, 7) is 1.82. The van der Waals surface area contributed by atoms with E-state index in [1.54, 1.807) is 30.6 Å². The van der Waals surface area contributed by atoms with Crippen molar-refractivity contribution in [3.8, 4) is 11.6 Å². The van der Waals surface area contributed by atoms with Gasteiger partial charge in [-0.25, -0.2) is 15.0 Å². The molecule has 1 aliphatic heterocycles. The minimum absolute atomic E-state index is 0.206. The molecule has 5 aromatic rings. The van der Waals surface area contributed by atoms with E-state index in [1.165, 1.54) is 12.5 Å². The first-order valence-electron chi connectivity index (χ1n) is 13.2. The highest BCUT2D eigenvalue weighted by atomic mass is 16.3. The molecular weight excluding hydrogens is 508 g/mol. The Morgan fingerprint density at radius 2 is 1.88 bits per heavy atom. The summed E-state index contributed by atoms with van der Waals surface area (Å²) in [6.07, 6.45) is 7.88. The zero-order valence-electron chi connectivity index (χ0n) is 21.7. The average molecular weight is 537 g/mol. The van der Waals surface area contributed by atoms with E-state index in [2.05, 4.69) is 30.2 Å². The molecule has 1 unspecified atom stereocenters. The molecule has 1 fully saturated rings. The van der Waals surface area contributed by atoms with Crippen molar-refractivity contribution in [2.75, 3.05) is 24.6 Å². The van der Waals surface area contributed by atoms with Gasteiger partial charge in [-0.15, -0.1) is 0 Å². The van der Waals surface area contributed by atoms with Gasteiger partial charge in [0.15, 0.2) is 5.43 Å². The monoisotopic (exact) mass is 536 g/mol. The number of aromatic amines is 1.